The zero-order valence-electron chi connectivity index (χ0n) is 13.0. The van der Waals surface area contributed by atoms with Gasteiger partial charge in [0.15, 0.2) is 0 Å². The average Bonchev–Trinajstić information content (AvgIpc) is 2.58. The molecule has 3 aromatic rings. The maximum atomic E-state index is 12.9. The van der Waals surface area contributed by atoms with Gasteiger partial charge >= 0.3 is 0 Å². The van der Waals surface area contributed by atoms with Crippen LogP contribution in [0.25, 0.3) is 12.2 Å². The molecular weight excluding hydrogens is 303 g/mol. The Hall–Kier alpha value is -3.14. The predicted octanol–water partition coefficient (Wildman–Crippen LogP) is 3.79. The fourth-order valence-electron chi connectivity index (χ4n) is 2.34. The molecular formula is C20H17FN2O. The number of nitrogens with two attached hydrogens (primary N) is 1. The van der Waals surface area contributed by atoms with Crippen molar-refractivity contribution < 1.29 is 4.39 Å². The van der Waals surface area contributed by atoms with Crippen molar-refractivity contribution in [3.63, 3.8) is 0 Å². The summed E-state index contributed by atoms with van der Waals surface area (Å²) < 4.78 is 14.5. The first-order valence-electron chi connectivity index (χ1n) is 7.59. The van der Waals surface area contributed by atoms with Gasteiger partial charge in [0.2, 0.25) is 0 Å². The topological polar surface area (TPSA) is 48.0 Å². The van der Waals surface area contributed by atoms with Gasteiger partial charge in [-0.15, -0.1) is 0 Å². The van der Waals surface area contributed by atoms with Gasteiger partial charge in [0.05, 0.1) is 6.54 Å². The number of aromatic nitrogens is 1. The first-order chi connectivity index (χ1) is 11.6. The van der Waals surface area contributed by atoms with E-state index in [1.807, 2.05) is 42.5 Å². The molecule has 0 aliphatic carbocycles. The maximum absolute atomic E-state index is 12.9. The smallest absolute Gasteiger partial charge is 0.251 e. The van der Waals surface area contributed by atoms with Gasteiger partial charge in [-0.2, -0.15) is 0 Å². The molecule has 0 bridgehead atoms. The van der Waals surface area contributed by atoms with E-state index in [2.05, 4.69) is 0 Å². The van der Waals surface area contributed by atoms with Gasteiger partial charge < -0.3 is 10.3 Å². The number of nitrogen functional groups attached to an aromatic ring is 1. The second-order valence-electron chi connectivity index (χ2n) is 5.55. The molecule has 3 rings (SSSR count). The van der Waals surface area contributed by atoms with Crippen LogP contribution in [0.15, 0.2) is 71.7 Å². The number of benzene rings is 2. The highest BCUT2D eigenvalue weighted by atomic mass is 19.1. The molecule has 0 saturated carbocycles. The van der Waals surface area contributed by atoms with Crippen molar-refractivity contribution in [2.75, 3.05) is 5.73 Å². The molecule has 2 aromatic carbocycles. The minimum atomic E-state index is -0.266. The van der Waals surface area contributed by atoms with Crippen LogP contribution >= 0.6 is 0 Å². The number of rotatable bonds is 4. The standard InChI is InChI=1S/C20H17FN2O/c21-18-7-3-15(4-8-18)1-2-16-11-12-23(20(24)13-16)14-17-5-9-19(22)10-6-17/h1-13H,14,22H2/b2-1+. The van der Waals surface area contributed by atoms with E-state index in [9.17, 15) is 9.18 Å². The van der Waals surface area contributed by atoms with Crippen molar-refractivity contribution in [1.82, 2.24) is 4.57 Å². The van der Waals surface area contributed by atoms with E-state index in [4.69, 9.17) is 5.73 Å². The average molecular weight is 320 g/mol. The molecule has 0 atom stereocenters. The number of hydrogen-bond donors (Lipinski definition) is 1. The minimum Gasteiger partial charge on any atom is -0.399 e. The van der Waals surface area contributed by atoms with Gasteiger partial charge in [-0.25, -0.2) is 4.39 Å². The highest BCUT2D eigenvalue weighted by molar-refractivity contribution is 5.69. The van der Waals surface area contributed by atoms with Crippen LogP contribution in [0.5, 0.6) is 0 Å². The van der Waals surface area contributed by atoms with Crippen molar-refractivity contribution >= 4 is 17.8 Å². The molecule has 0 saturated heterocycles. The summed E-state index contributed by atoms with van der Waals surface area (Å²) in [5, 5.41) is 0. The van der Waals surface area contributed by atoms with E-state index in [1.54, 1.807) is 29.0 Å². The largest absolute Gasteiger partial charge is 0.399 e. The minimum absolute atomic E-state index is 0.0759. The molecule has 2 N–H and O–H groups in total. The Morgan fingerprint density at radius 2 is 1.58 bits per heavy atom. The second-order valence-corrected chi connectivity index (χ2v) is 5.55. The molecule has 0 fully saturated rings. The normalized spacial score (nSPS) is 11.0. The lowest BCUT2D eigenvalue weighted by atomic mass is 10.1. The van der Waals surface area contributed by atoms with Gasteiger partial charge in [0.1, 0.15) is 5.82 Å². The quantitative estimate of drug-likeness (QED) is 0.744. The maximum Gasteiger partial charge on any atom is 0.251 e. The number of pyridine rings is 1. The lowest BCUT2D eigenvalue weighted by molar-refractivity contribution is 0.628. The molecule has 0 aliphatic rings. The first-order valence-corrected chi connectivity index (χ1v) is 7.59. The van der Waals surface area contributed by atoms with Crippen molar-refractivity contribution in [2.45, 2.75) is 6.54 Å². The second kappa shape index (κ2) is 6.96. The molecule has 1 heterocycles. The summed E-state index contributed by atoms with van der Waals surface area (Å²) >= 11 is 0. The van der Waals surface area contributed by atoms with Crippen LogP contribution in [0.4, 0.5) is 10.1 Å². The Labute approximate surface area is 139 Å². The van der Waals surface area contributed by atoms with E-state index in [0.29, 0.717) is 12.2 Å². The fraction of sp³-hybridized carbons (Fsp3) is 0.0500. The third-order valence-electron chi connectivity index (χ3n) is 3.69. The summed E-state index contributed by atoms with van der Waals surface area (Å²) in [6, 6.07) is 17.1. The lowest BCUT2D eigenvalue weighted by Crippen LogP contribution is -2.19. The van der Waals surface area contributed by atoms with Crippen molar-refractivity contribution in [3.05, 3.63) is 99.7 Å². The Morgan fingerprint density at radius 1 is 0.917 bits per heavy atom. The summed E-state index contributed by atoms with van der Waals surface area (Å²) in [5.41, 5.74) is 8.98. The molecule has 0 unspecified atom stereocenters. The SMILES string of the molecule is Nc1ccc(Cn2ccc(/C=C/c3ccc(F)cc3)cc2=O)cc1. The monoisotopic (exact) mass is 320 g/mol. The molecule has 0 amide bonds. The summed E-state index contributed by atoms with van der Waals surface area (Å²) in [4.78, 5) is 12.2. The predicted molar refractivity (Wildman–Crippen MR) is 96.0 cm³/mol. The third-order valence-corrected chi connectivity index (χ3v) is 3.69. The highest BCUT2D eigenvalue weighted by Crippen LogP contribution is 2.09. The highest BCUT2D eigenvalue weighted by Gasteiger charge is 1.99. The first kappa shape index (κ1) is 15.7. The van der Waals surface area contributed by atoms with Crippen molar-refractivity contribution in [2.24, 2.45) is 0 Å². The number of nitrogens with zero attached hydrogens (tertiary/aromatic N) is 1. The van der Waals surface area contributed by atoms with Crippen LogP contribution < -0.4 is 11.3 Å². The zero-order valence-corrected chi connectivity index (χ0v) is 13.0. The number of hydrogen-bond acceptors (Lipinski definition) is 2. The number of halogens is 1. The van der Waals surface area contributed by atoms with Crippen LogP contribution in [-0.2, 0) is 6.54 Å². The van der Waals surface area contributed by atoms with Gasteiger partial charge in [0.25, 0.3) is 5.56 Å². The summed E-state index contributed by atoms with van der Waals surface area (Å²) in [5.74, 6) is -0.266. The van der Waals surface area contributed by atoms with Crippen molar-refractivity contribution in [3.8, 4) is 0 Å². The third kappa shape index (κ3) is 3.98. The van der Waals surface area contributed by atoms with Crippen LogP contribution in [-0.4, -0.2) is 4.57 Å². The molecule has 0 aliphatic heterocycles. The van der Waals surface area contributed by atoms with Gasteiger partial charge in [-0.05, 0) is 47.0 Å². The van der Waals surface area contributed by atoms with Gasteiger partial charge in [-0.1, -0.05) is 36.4 Å². The molecule has 0 spiro atoms. The fourth-order valence-corrected chi connectivity index (χ4v) is 2.34. The van der Waals surface area contributed by atoms with Crippen LogP contribution in [0.3, 0.4) is 0 Å². The molecule has 1 aromatic heterocycles. The van der Waals surface area contributed by atoms with E-state index < -0.39 is 0 Å². The Bertz CT molecular complexity index is 910. The Balaban J connectivity index is 1.75. The van der Waals surface area contributed by atoms with Crippen LogP contribution in [0, 0.1) is 5.82 Å². The molecule has 0 radical (unpaired) electrons. The molecule has 24 heavy (non-hydrogen) atoms. The molecule has 4 heteroatoms. The number of anilines is 1. The molecule has 3 nitrogen and oxygen atoms in total. The summed E-state index contributed by atoms with van der Waals surface area (Å²) in [7, 11) is 0. The van der Waals surface area contributed by atoms with E-state index >= 15 is 0 Å². The van der Waals surface area contributed by atoms with Crippen molar-refractivity contribution in [1.29, 1.82) is 0 Å². The lowest BCUT2D eigenvalue weighted by Gasteiger charge is -2.06. The van der Waals surface area contributed by atoms with Crippen LogP contribution in [0.2, 0.25) is 0 Å². The Morgan fingerprint density at radius 3 is 2.25 bits per heavy atom. The summed E-state index contributed by atoms with van der Waals surface area (Å²) in [6.07, 6.45) is 5.45. The van der Waals surface area contributed by atoms with E-state index in [0.717, 1.165) is 16.7 Å². The van der Waals surface area contributed by atoms with Gasteiger partial charge in [0, 0.05) is 18.0 Å². The zero-order chi connectivity index (χ0) is 16.9. The van der Waals surface area contributed by atoms with Crippen LogP contribution in [0.1, 0.15) is 16.7 Å². The van der Waals surface area contributed by atoms with Gasteiger partial charge in [-0.3, -0.25) is 4.79 Å². The van der Waals surface area contributed by atoms with E-state index in [-0.39, 0.29) is 11.4 Å². The van der Waals surface area contributed by atoms with E-state index in [1.165, 1.54) is 12.1 Å². The summed E-state index contributed by atoms with van der Waals surface area (Å²) in [6.45, 7) is 0.501. The Kier molecular flexibility index (Phi) is 4.57. The molecule has 120 valence electrons.